The van der Waals surface area contributed by atoms with Crippen molar-refractivity contribution in [3.63, 3.8) is 0 Å². The molecule has 2 amide bonds. The molecule has 0 radical (unpaired) electrons. The molecule has 4 rings (SSSR count). The molecule has 1 saturated heterocycles. The summed E-state index contributed by atoms with van der Waals surface area (Å²) in [6.45, 7) is 1.34. The van der Waals surface area contributed by atoms with Crippen molar-refractivity contribution in [1.82, 2.24) is 18.5 Å². The number of rotatable bonds is 6. The van der Waals surface area contributed by atoms with Crippen LogP contribution in [0.1, 0.15) is 15.9 Å². The molecular formula is C24H25FN4O5S. The van der Waals surface area contributed by atoms with Crippen molar-refractivity contribution in [2.75, 3.05) is 40.4 Å². The molecule has 3 aromatic rings. The Morgan fingerprint density at radius 2 is 1.71 bits per heavy atom. The molecule has 2 heterocycles. The highest BCUT2D eigenvalue weighted by molar-refractivity contribution is 7.87. The molecule has 1 fully saturated rings. The van der Waals surface area contributed by atoms with Crippen molar-refractivity contribution in [3.8, 4) is 0 Å². The summed E-state index contributed by atoms with van der Waals surface area (Å²) < 4.78 is 47.5. The Hall–Kier alpha value is -3.54. The van der Waals surface area contributed by atoms with E-state index in [2.05, 4.69) is 5.32 Å². The fourth-order valence-corrected chi connectivity index (χ4v) is 4.74. The molecule has 0 unspecified atom stereocenters. The van der Waals surface area contributed by atoms with Crippen molar-refractivity contribution in [3.05, 3.63) is 77.4 Å². The second kappa shape index (κ2) is 9.98. The van der Waals surface area contributed by atoms with Crippen molar-refractivity contribution in [2.24, 2.45) is 0 Å². The smallest absolute Gasteiger partial charge is 0.307 e. The van der Waals surface area contributed by atoms with Crippen molar-refractivity contribution >= 4 is 39.0 Å². The number of morpholine rings is 1. The molecule has 0 bridgehead atoms. The van der Waals surface area contributed by atoms with E-state index >= 15 is 0 Å². The quantitative estimate of drug-likeness (QED) is 0.523. The Kier molecular flexibility index (Phi) is 7.01. The monoisotopic (exact) mass is 500 g/mol. The molecule has 2 aromatic carbocycles. The molecule has 11 heteroatoms. The summed E-state index contributed by atoms with van der Waals surface area (Å²) in [4.78, 5) is 27.8. The van der Waals surface area contributed by atoms with Crippen molar-refractivity contribution < 1.29 is 27.1 Å². The lowest BCUT2D eigenvalue weighted by atomic mass is 10.1. The van der Waals surface area contributed by atoms with Crippen LogP contribution in [0, 0.1) is 5.82 Å². The molecule has 9 nitrogen and oxygen atoms in total. The number of hydrogen-bond donors (Lipinski definition) is 1. The Bertz CT molecular complexity index is 1410. The van der Waals surface area contributed by atoms with Gasteiger partial charge in [-0.25, -0.2) is 8.36 Å². The van der Waals surface area contributed by atoms with Gasteiger partial charge in [0.15, 0.2) is 0 Å². The maximum absolute atomic E-state index is 14.2. The van der Waals surface area contributed by atoms with Gasteiger partial charge in [0.2, 0.25) is 0 Å². The highest BCUT2D eigenvalue weighted by Gasteiger charge is 2.25. The van der Waals surface area contributed by atoms with E-state index in [4.69, 9.17) is 4.74 Å². The molecule has 1 aliphatic rings. The minimum Gasteiger partial charge on any atom is -0.378 e. The Labute approximate surface area is 202 Å². The highest BCUT2D eigenvalue weighted by atomic mass is 32.2. The number of amides is 2. The topological polar surface area (TPSA) is 101 Å². The number of fused-ring (bicyclic) bond motifs is 1. The largest absolute Gasteiger partial charge is 0.378 e. The second-order valence-electron chi connectivity index (χ2n) is 8.08. The molecule has 35 heavy (non-hydrogen) atoms. The van der Waals surface area contributed by atoms with Gasteiger partial charge in [-0.2, -0.15) is 12.7 Å². The Morgan fingerprint density at radius 1 is 1.06 bits per heavy atom. The summed E-state index contributed by atoms with van der Waals surface area (Å²) in [5.74, 6) is -2.00. The van der Waals surface area contributed by atoms with E-state index in [1.807, 2.05) is 0 Å². The van der Waals surface area contributed by atoms with Crippen LogP contribution in [0.25, 0.3) is 17.0 Å². The fraction of sp³-hybridized carbons (Fsp3) is 0.250. The van der Waals surface area contributed by atoms with Crippen LogP contribution in [0.15, 0.2) is 60.4 Å². The zero-order valence-corrected chi connectivity index (χ0v) is 20.1. The van der Waals surface area contributed by atoms with Crippen LogP contribution in [0.3, 0.4) is 0 Å². The Morgan fingerprint density at radius 3 is 2.40 bits per heavy atom. The first-order valence-corrected chi connectivity index (χ1v) is 12.3. The highest BCUT2D eigenvalue weighted by Crippen LogP contribution is 2.26. The van der Waals surface area contributed by atoms with Gasteiger partial charge in [0.25, 0.3) is 11.8 Å². The van der Waals surface area contributed by atoms with E-state index in [-0.39, 0.29) is 11.3 Å². The van der Waals surface area contributed by atoms with Crippen LogP contribution >= 0.6 is 0 Å². The predicted molar refractivity (Wildman–Crippen MR) is 129 cm³/mol. The molecule has 1 aromatic heterocycles. The van der Waals surface area contributed by atoms with Gasteiger partial charge in [-0.05, 0) is 24.3 Å². The number of nitrogens with zero attached hydrogens (tertiary/aromatic N) is 3. The molecule has 1 aliphatic heterocycles. The number of para-hydroxylation sites is 1. The fourth-order valence-electron chi connectivity index (χ4n) is 3.74. The molecular weight excluding hydrogens is 475 g/mol. The number of carbonyl (C=O) groups excluding carboxylic acids is 2. The molecule has 0 atom stereocenters. The molecule has 0 aliphatic carbocycles. The third-order valence-electron chi connectivity index (χ3n) is 5.61. The normalized spacial score (nSPS) is 15.0. The summed E-state index contributed by atoms with van der Waals surface area (Å²) in [5, 5.41) is 3.10. The van der Waals surface area contributed by atoms with Gasteiger partial charge in [0.05, 0.1) is 24.3 Å². The summed E-state index contributed by atoms with van der Waals surface area (Å²) in [7, 11) is -1.02. The Balaban J connectivity index is 1.82. The first-order valence-electron chi connectivity index (χ1n) is 10.9. The first kappa shape index (κ1) is 24.6. The average Bonchev–Trinajstić information content (AvgIpc) is 3.23. The molecule has 0 spiro atoms. The first-order chi connectivity index (χ1) is 16.7. The summed E-state index contributed by atoms with van der Waals surface area (Å²) in [6, 6.07) is 12.3. The van der Waals surface area contributed by atoms with Gasteiger partial charge in [0.1, 0.15) is 11.5 Å². The van der Waals surface area contributed by atoms with Crippen LogP contribution in [-0.4, -0.2) is 73.8 Å². The number of aromatic nitrogens is 1. The summed E-state index contributed by atoms with van der Waals surface area (Å²) in [5.41, 5.74) is 0.485. The maximum atomic E-state index is 14.2. The van der Waals surface area contributed by atoms with Crippen LogP contribution in [0.4, 0.5) is 4.39 Å². The van der Waals surface area contributed by atoms with E-state index in [0.717, 1.165) is 14.3 Å². The van der Waals surface area contributed by atoms with Gasteiger partial charge in [-0.3, -0.25) is 9.59 Å². The minimum absolute atomic E-state index is 0.106. The third-order valence-corrected chi connectivity index (χ3v) is 7.34. The number of carbonyl (C=O) groups is 2. The average molecular weight is 501 g/mol. The number of halogens is 1. The standard InChI is InChI=1S/C24H25FN4O5S/c1-27(2)35(32,33)29-16-17(18-7-4-6-10-22(18)29)15-21(24(31)28-11-13-34-14-12-28)26-23(30)19-8-3-5-9-20(19)25/h3-10,15-16H,11-14H2,1-2H3,(H,26,30). The van der Waals surface area contributed by atoms with Gasteiger partial charge in [-0.15, -0.1) is 0 Å². The SMILES string of the molecule is CN(C)S(=O)(=O)n1cc(C=C(NC(=O)c2ccccc2F)C(=O)N2CCOCC2)c2ccccc21. The minimum atomic E-state index is -3.86. The van der Waals surface area contributed by atoms with Gasteiger partial charge >= 0.3 is 10.2 Å². The number of nitrogens with one attached hydrogen (secondary N) is 1. The molecule has 1 N–H and O–H groups in total. The molecule has 184 valence electrons. The van der Waals surface area contributed by atoms with E-state index in [0.29, 0.717) is 42.8 Å². The number of ether oxygens (including phenoxy) is 1. The van der Waals surface area contributed by atoms with Crippen LogP contribution in [-0.2, 0) is 19.7 Å². The lowest BCUT2D eigenvalue weighted by Crippen LogP contribution is -2.44. The predicted octanol–water partition coefficient (Wildman–Crippen LogP) is 2.06. The summed E-state index contributed by atoms with van der Waals surface area (Å²) in [6.07, 6.45) is 2.81. The maximum Gasteiger partial charge on any atom is 0.307 e. The van der Waals surface area contributed by atoms with Crippen LogP contribution < -0.4 is 5.32 Å². The number of benzene rings is 2. The van der Waals surface area contributed by atoms with E-state index < -0.39 is 27.8 Å². The zero-order chi connectivity index (χ0) is 25.2. The molecule has 0 saturated carbocycles. The lowest BCUT2D eigenvalue weighted by Gasteiger charge is -2.27. The van der Waals surface area contributed by atoms with Gasteiger partial charge < -0.3 is 15.0 Å². The van der Waals surface area contributed by atoms with Crippen molar-refractivity contribution in [1.29, 1.82) is 0 Å². The zero-order valence-electron chi connectivity index (χ0n) is 19.3. The van der Waals surface area contributed by atoms with E-state index in [9.17, 15) is 22.4 Å². The van der Waals surface area contributed by atoms with Gasteiger partial charge in [-0.1, -0.05) is 30.3 Å². The van der Waals surface area contributed by atoms with Crippen LogP contribution in [0.2, 0.25) is 0 Å². The third kappa shape index (κ3) is 4.97. The van der Waals surface area contributed by atoms with E-state index in [1.165, 1.54) is 49.5 Å². The second-order valence-corrected chi connectivity index (χ2v) is 10.1. The van der Waals surface area contributed by atoms with Crippen LogP contribution in [0.5, 0.6) is 0 Å². The van der Waals surface area contributed by atoms with Crippen molar-refractivity contribution in [2.45, 2.75) is 0 Å². The summed E-state index contributed by atoms with van der Waals surface area (Å²) >= 11 is 0. The van der Waals surface area contributed by atoms with Gasteiger partial charge in [0, 0.05) is 44.3 Å². The lowest BCUT2D eigenvalue weighted by molar-refractivity contribution is -0.131. The number of hydrogen-bond acceptors (Lipinski definition) is 5. The van der Waals surface area contributed by atoms with E-state index in [1.54, 1.807) is 24.3 Å².